The van der Waals surface area contributed by atoms with Crippen LogP contribution in [0.25, 0.3) is 0 Å². The summed E-state index contributed by atoms with van der Waals surface area (Å²) in [6.45, 7) is 4.35. The monoisotopic (exact) mass is 320 g/mol. The summed E-state index contributed by atoms with van der Waals surface area (Å²) in [6, 6.07) is 1.85. The number of anilines is 2. The lowest BCUT2D eigenvalue weighted by Crippen LogP contribution is -2.24. The Morgan fingerprint density at radius 3 is 2.87 bits per heavy atom. The van der Waals surface area contributed by atoms with Crippen molar-refractivity contribution in [2.24, 2.45) is 7.05 Å². The first-order valence-corrected chi connectivity index (χ1v) is 7.65. The van der Waals surface area contributed by atoms with Crippen molar-refractivity contribution in [2.75, 3.05) is 17.7 Å². The molecule has 2 rings (SSSR count). The second-order valence-corrected chi connectivity index (χ2v) is 5.44. The molecule has 0 aliphatic carbocycles. The summed E-state index contributed by atoms with van der Waals surface area (Å²) in [4.78, 5) is 8.14. The smallest absolute Gasteiger partial charge is 0.222 e. The summed E-state index contributed by atoms with van der Waals surface area (Å²) in [6.07, 6.45) is 3.29. The van der Waals surface area contributed by atoms with Gasteiger partial charge in [0.2, 0.25) is 5.95 Å². The van der Waals surface area contributed by atoms with Crippen molar-refractivity contribution in [1.29, 1.82) is 0 Å². The van der Waals surface area contributed by atoms with Crippen LogP contribution in [0.4, 0.5) is 11.8 Å². The van der Waals surface area contributed by atoms with E-state index in [0.717, 1.165) is 24.2 Å². The maximum absolute atomic E-state index is 9.43. The molecule has 0 saturated carbocycles. The van der Waals surface area contributed by atoms with Crippen molar-refractivity contribution in [3.8, 4) is 5.75 Å². The molecule has 8 nitrogen and oxygen atoms in total. The van der Waals surface area contributed by atoms with Gasteiger partial charge in [-0.3, -0.25) is 4.68 Å². The van der Waals surface area contributed by atoms with Crippen LogP contribution in [-0.4, -0.2) is 37.5 Å². The van der Waals surface area contributed by atoms with Crippen LogP contribution in [0, 0.1) is 6.92 Å². The van der Waals surface area contributed by atoms with Crippen LogP contribution in [0.15, 0.2) is 12.3 Å². The van der Waals surface area contributed by atoms with Gasteiger partial charge in [0.05, 0.1) is 18.8 Å². The highest BCUT2D eigenvalue weighted by atomic mass is 16.5. The van der Waals surface area contributed by atoms with Crippen molar-refractivity contribution in [2.45, 2.75) is 39.3 Å². The van der Waals surface area contributed by atoms with Gasteiger partial charge in [-0.05, 0) is 19.4 Å². The summed E-state index contributed by atoms with van der Waals surface area (Å²) >= 11 is 0. The first-order chi connectivity index (χ1) is 11.0. The molecule has 0 spiro atoms. The van der Waals surface area contributed by atoms with Gasteiger partial charge in [-0.1, -0.05) is 13.3 Å². The summed E-state index contributed by atoms with van der Waals surface area (Å²) in [5.74, 6) is 1.12. The summed E-state index contributed by atoms with van der Waals surface area (Å²) in [7, 11) is 1.88. The molecule has 0 aromatic carbocycles. The molecule has 0 amide bonds. The van der Waals surface area contributed by atoms with Gasteiger partial charge in [0, 0.05) is 12.7 Å². The van der Waals surface area contributed by atoms with Gasteiger partial charge in [-0.15, -0.1) is 0 Å². The second kappa shape index (κ2) is 7.77. The van der Waals surface area contributed by atoms with Gasteiger partial charge in [0.1, 0.15) is 12.3 Å². The average molecular weight is 320 g/mol. The molecule has 0 fully saturated rings. The van der Waals surface area contributed by atoms with E-state index in [1.807, 2.05) is 20.0 Å². The normalized spacial score (nSPS) is 12.2. The van der Waals surface area contributed by atoms with Crippen molar-refractivity contribution >= 4 is 11.8 Å². The molecule has 23 heavy (non-hydrogen) atoms. The molecule has 4 N–H and O–H groups in total. The Labute approximate surface area is 135 Å². The largest absolute Gasteiger partial charge is 0.482 e. The van der Waals surface area contributed by atoms with E-state index in [4.69, 9.17) is 10.5 Å². The molecule has 8 heteroatoms. The zero-order valence-electron chi connectivity index (χ0n) is 13.8. The Balaban J connectivity index is 2.11. The molecule has 0 bridgehead atoms. The third kappa shape index (κ3) is 4.56. The highest BCUT2D eigenvalue weighted by Crippen LogP contribution is 2.24. The molecule has 0 saturated heterocycles. The molecular weight excluding hydrogens is 296 g/mol. The third-order valence-corrected chi connectivity index (χ3v) is 3.51. The predicted octanol–water partition coefficient (Wildman–Crippen LogP) is 1.25. The number of nitrogen functional groups attached to an aromatic ring is 1. The molecular formula is C15H24N6O2. The number of ether oxygens (including phenoxy) is 1. The summed E-state index contributed by atoms with van der Waals surface area (Å²) in [5.41, 5.74) is 7.53. The van der Waals surface area contributed by atoms with Crippen LogP contribution in [0.1, 0.15) is 31.2 Å². The minimum Gasteiger partial charge on any atom is -0.482 e. The lowest BCUT2D eigenvalue weighted by Gasteiger charge is -2.18. The van der Waals surface area contributed by atoms with Gasteiger partial charge < -0.3 is 20.9 Å². The topological polar surface area (TPSA) is 111 Å². The van der Waals surface area contributed by atoms with Gasteiger partial charge >= 0.3 is 0 Å². The number of hydrogen-bond acceptors (Lipinski definition) is 7. The fourth-order valence-electron chi connectivity index (χ4n) is 2.20. The van der Waals surface area contributed by atoms with Gasteiger partial charge in [-0.2, -0.15) is 10.1 Å². The van der Waals surface area contributed by atoms with E-state index in [-0.39, 0.29) is 18.6 Å². The van der Waals surface area contributed by atoms with Crippen molar-refractivity contribution in [1.82, 2.24) is 19.7 Å². The molecule has 0 radical (unpaired) electrons. The second-order valence-electron chi connectivity index (χ2n) is 5.44. The molecule has 2 aromatic rings. The van der Waals surface area contributed by atoms with Gasteiger partial charge in [-0.25, -0.2) is 4.98 Å². The van der Waals surface area contributed by atoms with E-state index in [1.54, 1.807) is 4.68 Å². The zero-order valence-corrected chi connectivity index (χ0v) is 13.8. The van der Waals surface area contributed by atoms with Crippen LogP contribution in [0.5, 0.6) is 5.75 Å². The molecule has 126 valence electrons. The van der Waals surface area contributed by atoms with Crippen molar-refractivity contribution < 1.29 is 9.84 Å². The van der Waals surface area contributed by atoms with Crippen molar-refractivity contribution in [3.05, 3.63) is 23.7 Å². The number of hydrogen-bond donors (Lipinski definition) is 3. The van der Waals surface area contributed by atoms with E-state index in [0.29, 0.717) is 18.2 Å². The predicted molar refractivity (Wildman–Crippen MR) is 88.1 cm³/mol. The Hall–Kier alpha value is -2.35. The average Bonchev–Trinajstić information content (AvgIpc) is 2.84. The van der Waals surface area contributed by atoms with E-state index >= 15 is 0 Å². The number of nitrogens with zero attached hydrogens (tertiary/aromatic N) is 4. The van der Waals surface area contributed by atoms with Crippen LogP contribution >= 0.6 is 0 Å². The highest BCUT2D eigenvalue weighted by Gasteiger charge is 2.13. The van der Waals surface area contributed by atoms with E-state index in [1.165, 1.54) is 6.20 Å². The minimum absolute atomic E-state index is 0.0105. The lowest BCUT2D eigenvalue weighted by molar-refractivity contribution is 0.266. The molecule has 0 aliphatic rings. The van der Waals surface area contributed by atoms with E-state index in [9.17, 15) is 5.11 Å². The Morgan fingerprint density at radius 1 is 1.48 bits per heavy atom. The molecule has 1 atom stereocenters. The lowest BCUT2D eigenvalue weighted by atomic mass is 10.2. The Kier molecular flexibility index (Phi) is 5.75. The van der Waals surface area contributed by atoms with Crippen LogP contribution in [0.2, 0.25) is 0 Å². The van der Waals surface area contributed by atoms with Crippen LogP contribution in [-0.2, 0) is 13.7 Å². The van der Waals surface area contributed by atoms with Crippen LogP contribution in [0.3, 0.4) is 0 Å². The Bertz CT molecular complexity index is 623. The SMILES string of the molecule is CCCC(CO)Nc1nc(N)ncc1OCc1cc(C)n(C)n1. The van der Waals surface area contributed by atoms with Gasteiger partial charge in [0.15, 0.2) is 11.6 Å². The number of nitrogens with one attached hydrogen (secondary N) is 1. The number of aliphatic hydroxyl groups is 1. The molecule has 2 heterocycles. The van der Waals surface area contributed by atoms with E-state index in [2.05, 4.69) is 27.3 Å². The third-order valence-electron chi connectivity index (χ3n) is 3.51. The standard InChI is InChI=1S/C15H24N6O2/c1-4-5-11(8-22)18-14-13(7-17-15(16)19-14)23-9-12-6-10(2)21(3)20-12/h6-7,11,22H,4-5,8-9H2,1-3H3,(H3,16,17,18,19). The fourth-order valence-corrected chi connectivity index (χ4v) is 2.20. The number of aliphatic hydroxyl groups excluding tert-OH is 1. The number of rotatable bonds is 8. The summed E-state index contributed by atoms with van der Waals surface area (Å²) < 4.78 is 7.56. The van der Waals surface area contributed by atoms with Gasteiger partial charge in [0.25, 0.3) is 0 Å². The molecule has 1 unspecified atom stereocenters. The maximum atomic E-state index is 9.43. The Morgan fingerprint density at radius 2 is 2.26 bits per heavy atom. The minimum atomic E-state index is -0.103. The van der Waals surface area contributed by atoms with Crippen molar-refractivity contribution in [3.63, 3.8) is 0 Å². The highest BCUT2D eigenvalue weighted by molar-refractivity contribution is 5.51. The summed E-state index contributed by atoms with van der Waals surface area (Å²) in [5, 5.41) is 16.9. The quantitative estimate of drug-likeness (QED) is 0.671. The molecule has 2 aromatic heterocycles. The van der Waals surface area contributed by atoms with E-state index < -0.39 is 0 Å². The first kappa shape index (κ1) is 17.0. The maximum Gasteiger partial charge on any atom is 0.222 e. The first-order valence-electron chi connectivity index (χ1n) is 7.65. The molecule has 0 aliphatic heterocycles. The van der Waals surface area contributed by atoms with Crippen LogP contribution < -0.4 is 15.8 Å². The zero-order chi connectivity index (χ0) is 16.8. The number of nitrogens with two attached hydrogens (primary N) is 1. The fraction of sp³-hybridized carbons (Fsp3) is 0.533. The number of aromatic nitrogens is 4. The number of aryl methyl sites for hydroxylation is 2.